The van der Waals surface area contributed by atoms with Crippen molar-refractivity contribution in [1.82, 2.24) is 15.3 Å². The van der Waals surface area contributed by atoms with Crippen LogP contribution in [0.2, 0.25) is 0 Å². The largest absolute Gasteiger partial charge is 0.346 e. The van der Waals surface area contributed by atoms with Crippen molar-refractivity contribution >= 4 is 16.9 Å². The van der Waals surface area contributed by atoms with Gasteiger partial charge >= 0.3 is 0 Å². The number of aromatic amines is 1. The van der Waals surface area contributed by atoms with Gasteiger partial charge in [-0.1, -0.05) is 26.0 Å². The highest BCUT2D eigenvalue weighted by molar-refractivity contribution is 5.79. The molecule has 3 rings (SSSR count). The van der Waals surface area contributed by atoms with Gasteiger partial charge in [-0.05, 0) is 18.1 Å². The maximum Gasteiger partial charge on any atom is 0.225 e. The molecule has 1 aromatic heterocycles. The number of fused-ring (bicyclic) bond motifs is 1. The quantitative estimate of drug-likeness (QED) is 0.383. The number of halogens is 5. The lowest BCUT2D eigenvalue weighted by Crippen LogP contribution is -2.34. The number of hydrogen-bond acceptors (Lipinski definition) is 2. The van der Waals surface area contributed by atoms with E-state index in [1.165, 1.54) is 0 Å². The van der Waals surface area contributed by atoms with Crippen molar-refractivity contribution in [1.29, 1.82) is 0 Å². The minimum atomic E-state index is -2.26. The SMILES string of the molecule is CC(C)[C@H](NC(=O)Cc1c(F)c(F)c(F)c(F)c1F)c1nc2ccccc2[nH]1. The van der Waals surface area contributed by atoms with Crippen LogP contribution in [0.4, 0.5) is 22.0 Å². The summed E-state index contributed by atoms with van der Waals surface area (Å²) in [5.74, 6) is -11.1. The van der Waals surface area contributed by atoms with Gasteiger partial charge in [0.1, 0.15) is 5.82 Å². The number of para-hydroxylation sites is 2. The lowest BCUT2D eigenvalue weighted by Gasteiger charge is -2.20. The van der Waals surface area contributed by atoms with E-state index in [0.29, 0.717) is 11.3 Å². The molecule has 0 aliphatic heterocycles. The summed E-state index contributed by atoms with van der Waals surface area (Å²) in [6, 6.07) is 6.50. The molecule has 148 valence electrons. The van der Waals surface area contributed by atoms with E-state index in [2.05, 4.69) is 15.3 Å². The molecule has 9 heteroatoms. The zero-order valence-electron chi connectivity index (χ0n) is 14.9. The molecule has 3 aromatic rings. The second-order valence-corrected chi connectivity index (χ2v) is 6.65. The van der Waals surface area contributed by atoms with Crippen LogP contribution in [0.3, 0.4) is 0 Å². The number of aromatic nitrogens is 2. The van der Waals surface area contributed by atoms with Gasteiger partial charge in [-0.15, -0.1) is 0 Å². The standard InChI is InChI=1S/C19H16F5N3O/c1-8(2)18(19-25-10-5-3-4-6-11(10)26-19)27-12(28)7-9-13(20)15(22)17(24)16(23)14(9)21/h3-6,8,18H,7H2,1-2H3,(H,25,26)(H,27,28)/t18-/m0/s1. The molecule has 0 spiro atoms. The van der Waals surface area contributed by atoms with Crippen molar-refractivity contribution in [3.8, 4) is 0 Å². The van der Waals surface area contributed by atoms with Crippen molar-refractivity contribution in [3.05, 3.63) is 64.7 Å². The van der Waals surface area contributed by atoms with E-state index in [-0.39, 0.29) is 5.92 Å². The zero-order chi connectivity index (χ0) is 20.6. The van der Waals surface area contributed by atoms with Gasteiger partial charge in [0.15, 0.2) is 23.3 Å². The van der Waals surface area contributed by atoms with E-state index in [1.807, 2.05) is 0 Å². The Bertz CT molecular complexity index is 985. The van der Waals surface area contributed by atoms with Gasteiger partial charge in [0.25, 0.3) is 0 Å². The summed E-state index contributed by atoms with van der Waals surface area (Å²) in [6.07, 6.45) is -1.00. The number of H-pyrrole nitrogens is 1. The molecule has 0 saturated carbocycles. The highest BCUT2D eigenvalue weighted by atomic mass is 19.2. The zero-order valence-corrected chi connectivity index (χ0v) is 14.9. The number of imidazole rings is 1. The number of carbonyl (C=O) groups excluding carboxylic acids is 1. The minimum Gasteiger partial charge on any atom is -0.346 e. The van der Waals surface area contributed by atoms with Crippen LogP contribution < -0.4 is 5.32 Å². The Morgan fingerprint density at radius 2 is 1.57 bits per heavy atom. The fraction of sp³-hybridized carbons (Fsp3) is 0.263. The fourth-order valence-electron chi connectivity index (χ4n) is 2.86. The molecule has 0 fully saturated rings. The van der Waals surface area contributed by atoms with Gasteiger partial charge in [0.2, 0.25) is 11.7 Å². The van der Waals surface area contributed by atoms with Gasteiger partial charge in [-0.2, -0.15) is 0 Å². The van der Waals surface area contributed by atoms with Gasteiger partial charge < -0.3 is 10.3 Å². The van der Waals surface area contributed by atoms with Crippen LogP contribution >= 0.6 is 0 Å². The summed E-state index contributed by atoms with van der Waals surface area (Å²) in [7, 11) is 0. The maximum atomic E-state index is 13.8. The maximum absolute atomic E-state index is 13.8. The average Bonchev–Trinajstić information content (AvgIpc) is 3.09. The van der Waals surface area contributed by atoms with Crippen LogP contribution in [0.5, 0.6) is 0 Å². The molecule has 0 aliphatic rings. The molecule has 1 heterocycles. The Labute approximate surface area is 156 Å². The van der Waals surface area contributed by atoms with Crippen LogP contribution in [0.25, 0.3) is 11.0 Å². The summed E-state index contributed by atoms with van der Waals surface area (Å²) in [5.41, 5.74) is 0.218. The van der Waals surface area contributed by atoms with Crippen LogP contribution in [0.15, 0.2) is 24.3 Å². The molecule has 0 saturated heterocycles. The van der Waals surface area contributed by atoms with Gasteiger partial charge in [0, 0.05) is 5.56 Å². The van der Waals surface area contributed by atoms with Crippen molar-refractivity contribution in [2.75, 3.05) is 0 Å². The molecular weight excluding hydrogens is 381 g/mol. The lowest BCUT2D eigenvalue weighted by molar-refractivity contribution is -0.121. The normalized spacial score (nSPS) is 12.6. The second-order valence-electron chi connectivity index (χ2n) is 6.65. The topological polar surface area (TPSA) is 57.8 Å². The fourth-order valence-corrected chi connectivity index (χ4v) is 2.86. The van der Waals surface area contributed by atoms with E-state index >= 15 is 0 Å². The third-order valence-electron chi connectivity index (χ3n) is 4.32. The van der Waals surface area contributed by atoms with Gasteiger partial charge in [-0.3, -0.25) is 4.79 Å². The monoisotopic (exact) mass is 397 g/mol. The summed E-state index contributed by atoms with van der Waals surface area (Å²) < 4.78 is 67.4. The molecule has 2 aromatic carbocycles. The van der Waals surface area contributed by atoms with E-state index in [0.717, 1.165) is 5.52 Å². The first-order valence-electron chi connectivity index (χ1n) is 8.45. The lowest BCUT2D eigenvalue weighted by atomic mass is 10.0. The highest BCUT2D eigenvalue weighted by Gasteiger charge is 2.28. The number of amides is 1. The first kappa shape index (κ1) is 19.8. The first-order valence-corrected chi connectivity index (χ1v) is 8.45. The smallest absolute Gasteiger partial charge is 0.225 e. The molecular formula is C19H16F5N3O. The van der Waals surface area contributed by atoms with Crippen LogP contribution in [-0.4, -0.2) is 15.9 Å². The highest BCUT2D eigenvalue weighted by Crippen LogP contribution is 2.25. The second kappa shape index (κ2) is 7.57. The summed E-state index contributed by atoms with van der Waals surface area (Å²) in [5, 5.41) is 2.55. The van der Waals surface area contributed by atoms with Crippen LogP contribution in [-0.2, 0) is 11.2 Å². The molecule has 4 nitrogen and oxygen atoms in total. The number of benzene rings is 2. The Balaban J connectivity index is 1.86. The van der Waals surface area contributed by atoms with Crippen molar-refractivity contribution in [2.24, 2.45) is 5.92 Å². The van der Waals surface area contributed by atoms with Crippen LogP contribution in [0.1, 0.15) is 31.3 Å². The molecule has 0 radical (unpaired) electrons. The molecule has 1 atom stereocenters. The summed E-state index contributed by atoms with van der Waals surface area (Å²) in [4.78, 5) is 19.7. The molecule has 0 aliphatic carbocycles. The van der Waals surface area contributed by atoms with E-state index in [9.17, 15) is 26.7 Å². The molecule has 2 N–H and O–H groups in total. The van der Waals surface area contributed by atoms with E-state index in [4.69, 9.17) is 0 Å². The Morgan fingerprint density at radius 1 is 1.00 bits per heavy atom. The Morgan fingerprint density at radius 3 is 2.14 bits per heavy atom. The predicted molar refractivity (Wildman–Crippen MR) is 91.8 cm³/mol. The molecule has 0 unspecified atom stereocenters. The number of nitrogens with zero attached hydrogens (tertiary/aromatic N) is 1. The molecule has 28 heavy (non-hydrogen) atoms. The van der Waals surface area contributed by atoms with Crippen molar-refractivity contribution in [3.63, 3.8) is 0 Å². The van der Waals surface area contributed by atoms with Crippen molar-refractivity contribution in [2.45, 2.75) is 26.3 Å². The van der Waals surface area contributed by atoms with Crippen LogP contribution in [0, 0.1) is 35.0 Å². The number of nitrogens with one attached hydrogen (secondary N) is 2. The number of rotatable bonds is 5. The third-order valence-corrected chi connectivity index (χ3v) is 4.32. The van der Waals surface area contributed by atoms with Gasteiger partial charge in [0.05, 0.1) is 23.5 Å². The molecule has 1 amide bonds. The van der Waals surface area contributed by atoms with E-state index < -0.39 is 53.0 Å². The molecule has 0 bridgehead atoms. The van der Waals surface area contributed by atoms with E-state index in [1.54, 1.807) is 38.1 Å². The number of hydrogen-bond donors (Lipinski definition) is 2. The third kappa shape index (κ3) is 3.56. The summed E-state index contributed by atoms with van der Waals surface area (Å²) >= 11 is 0. The first-order chi connectivity index (χ1) is 13.2. The Hall–Kier alpha value is -2.97. The minimum absolute atomic E-state index is 0.166. The average molecular weight is 397 g/mol. The van der Waals surface area contributed by atoms with Gasteiger partial charge in [-0.25, -0.2) is 26.9 Å². The van der Waals surface area contributed by atoms with Crippen molar-refractivity contribution < 1.29 is 26.7 Å². The predicted octanol–water partition coefficient (Wildman–Crippen LogP) is 4.31. The summed E-state index contributed by atoms with van der Waals surface area (Å²) in [6.45, 7) is 3.58. The number of carbonyl (C=O) groups is 1. The Kier molecular flexibility index (Phi) is 5.35.